The lowest BCUT2D eigenvalue weighted by Crippen LogP contribution is -2.44. The molecule has 0 spiro atoms. The van der Waals surface area contributed by atoms with Crippen LogP contribution in [-0.4, -0.2) is 32.7 Å². The van der Waals surface area contributed by atoms with Gasteiger partial charge >= 0.3 is 0 Å². The number of hydrogen-bond donors (Lipinski definition) is 2. The monoisotopic (exact) mass is 435 g/mol. The lowest BCUT2D eigenvalue weighted by Gasteiger charge is -2.21. The zero-order valence-corrected chi connectivity index (χ0v) is 16.0. The minimum absolute atomic E-state index is 0. The number of rotatable bonds is 5. The summed E-state index contributed by atoms with van der Waals surface area (Å²) in [4.78, 5) is 4.25. The van der Waals surface area contributed by atoms with Crippen molar-refractivity contribution in [1.82, 2.24) is 10.6 Å². The summed E-state index contributed by atoms with van der Waals surface area (Å²) < 4.78 is 5.54. The number of nitrogens with one attached hydrogen (secondary N) is 2. The second-order valence-corrected chi connectivity index (χ2v) is 5.45. The second-order valence-electron chi connectivity index (χ2n) is 5.02. The van der Waals surface area contributed by atoms with Crippen LogP contribution in [0.25, 0.3) is 0 Å². The van der Waals surface area contributed by atoms with E-state index in [1.165, 1.54) is 0 Å². The molecule has 1 aromatic carbocycles. The van der Waals surface area contributed by atoms with E-state index in [-0.39, 0.29) is 30.1 Å². The molecule has 1 aromatic rings. The van der Waals surface area contributed by atoms with Gasteiger partial charge < -0.3 is 15.4 Å². The summed E-state index contributed by atoms with van der Waals surface area (Å²) in [6, 6.07) is 8.16. The van der Waals surface area contributed by atoms with Gasteiger partial charge in [0.25, 0.3) is 0 Å². The van der Waals surface area contributed by atoms with Crippen LogP contribution in [0.4, 0.5) is 0 Å². The average Bonchev–Trinajstić information content (AvgIpc) is 2.99. The predicted molar refractivity (Wildman–Crippen MR) is 103 cm³/mol. The molecular weight excluding hydrogens is 413 g/mol. The Labute approximate surface area is 154 Å². The number of halogens is 2. The highest BCUT2D eigenvalue weighted by Gasteiger charge is 2.14. The van der Waals surface area contributed by atoms with Gasteiger partial charge in [-0.25, -0.2) is 0 Å². The summed E-state index contributed by atoms with van der Waals surface area (Å²) in [6.07, 6.45) is 6.40. The van der Waals surface area contributed by atoms with E-state index in [1.807, 2.05) is 24.3 Å². The molecule has 1 aliphatic rings. The Hall–Kier alpha value is -0.790. The van der Waals surface area contributed by atoms with Crippen molar-refractivity contribution in [3.05, 3.63) is 47.0 Å². The number of nitrogens with zero attached hydrogens (tertiary/aromatic N) is 1. The van der Waals surface area contributed by atoms with Crippen molar-refractivity contribution >= 4 is 41.5 Å². The summed E-state index contributed by atoms with van der Waals surface area (Å²) in [5, 5.41) is 7.43. The number of guanidine groups is 1. The van der Waals surface area contributed by atoms with Crippen LogP contribution in [0, 0.1) is 0 Å². The van der Waals surface area contributed by atoms with Gasteiger partial charge in [-0.1, -0.05) is 35.9 Å². The first-order valence-electron chi connectivity index (χ1n) is 7.13. The molecule has 0 aliphatic heterocycles. The molecule has 1 aliphatic carbocycles. The van der Waals surface area contributed by atoms with Crippen molar-refractivity contribution in [2.24, 2.45) is 4.99 Å². The summed E-state index contributed by atoms with van der Waals surface area (Å²) in [7, 11) is 3.48. The predicted octanol–water partition coefficient (Wildman–Crippen LogP) is 3.53. The highest BCUT2D eigenvalue weighted by Crippen LogP contribution is 2.19. The van der Waals surface area contributed by atoms with Gasteiger partial charge in [0.1, 0.15) is 0 Å². The van der Waals surface area contributed by atoms with Gasteiger partial charge in [0.05, 0.1) is 6.10 Å². The third kappa shape index (κ3) is 5.78. The van der Waals surface area contributed by atoms with Crippen LogP contribution >= 0.6 is 35.6 Å². The molecule has 0 bridgehead atoms. The van der Waals surface area contributed by atoms with Gasteiger partial charge in [0.15, 0.2) is 5.96 Å². The maximum absolute atomic E-state index is 6.03. The molecule has 1 unspecified atom stereocenters. The van der Waals surface area contributed by atoms with Crippen molar-refractivity contribution in [1.29, 1.82) is 0 Å². The summed E-state index contributed by atoms with van der Waals surface area (Å²) in [6.45, 7) is 0.636. The largest absolute Gasteiger partial charge is 0.375 e. The molecule has 0 amide bonds. The van der Waals surface area contributed by atoms with Gasteiger partial charge in [-0.05, 0) is 30.5 Å². The topological polar surface area (TPSA) is 45.7 Å². The highest BCUT2D eigenvalue weighted by atomic mass is 127. The molecule has 6 heteroatoms. The Morgan fingerprint density at radius 3 is 2.73 bits per heavy atom. The first kappa shape index (κ1) is 19.3. The maximum atomic E-state index is 6.03. The van der Waals surface area contributed by atoms with Crippen molar-refractivity contribution in [2.75, 3.05) is 20.7 Å². The van der Waals surface area contributed by atoms with Crippen LogP contribution in [-0.2, 0) is 4.74 Å². The molecule has 122 valence electrons. The Morgan fingerprint density at radius 1 is 1.41 bits per heavy atom. The molecule has 2 N–H and O–H groups in total. The van der Waals surface area contributed by atoms with Crippen molar-refractivity contribution in [3.63, 3.8) is 0 Å². The minimum atomic E-state index is -0.0658. The van der Waals surface area contributed by atoms with Crippen LogP contribution < -0.4 is 10.6 Å². The van der Waals surface area contributed by atoms with Crippen LogP contribution in [0.3, 0.4) is 0 Å². The molecule has 1 atom stereocenters. The molecular formula is C16H23ClIN3O. The summed E-state index contributed by atoms with van der Waals surface area (Å²) >= 11 is 6.03. The molecule has 0 radical (unpaired) electrons. The molecule has 2 rings (SSSR count). The number of benzene rings is 1. The van der Waals surface area contributed by atoms with E-state index < -0.39 is 0 Å². The third-order valence-corrected chi connectivity index (χ3v) is 3.77. The molecule has 4 nitrogen and oxygen atoms in total. The highest BCUT2D eigenvalue weighted by molar-refractivity contribution is 14.0. The van der Waals surface area contributed by atoms with Crippen LogP contribution in [0.2, 0.25) is 5.02 Å². The van der Waals surface area contributed by atoms with E-state index in [0.29, 0.717) is 17.6 Å². The number of ether oxygens (including phenoxy) is 1. The zero-order chi connectivity index (χ0) is 15.1. The lowest BCUT2D eigenvalue weighted by molar-refractivity contribution is 0.106. The van der Waals surface area contributed by atoms with Crippen molar-refractivity contribution in [3.8, 4) is 0 Å². The van der Waals surface area contributed by atoms with Gasteiger partial charge in [-0.2, -0.15) is 0 Å². The Balaban J connectivity index is 0.00000242. The average molecular weight is 436 g/mol. The van der Waals surface area contributed by atoms with E-state index in [2.05, 4.69) is 27.8 Å². The summed E-state index contributed by atoms with van der Waals surface area (Å²) in [5.41, 5.74) is 1.05. The summed E-state index contributed by atoms with van der Waals surface area (Å²) in [5.74, 6) is 0.799. The lowest BCUT2D eigenvalue weighted by atomic mass is 10.1. The van der Waals surface area contributed by atoms with Gasteiger partial charge in [0.2, 0.25) is 0 Å². The Bertz CT molecular complexity index is 514. The first-order chi connectivity index (χ1) is 10.2. The standard InChI is InChI=1S/C16H22ClN3O.HI/c1-18-16(20-14-8-3-4-9-14)19-11-15(21-2)12-6-5-7-13(17)10-12;/h3-7,10,14-15H,8-9,11H2,1-2H3,(H2,18,19,20);1H. The molecule has 0 fully saturated rings. The zero-order valence-electron chi connectivity index (χ0n) is 12.9. The fourth-order valence-electron chi connectivity index (χ4n) is 2.36. The fraction of sp³-hybridized carbons (Fsp3) is 0.438. The molecule has 0 aromatic heterocycles. The fourth-order valence-corrected chi connectivity index (χ4v) is 2.56. The van der Waals surface area contributed by atoms with Crippen LogP contribution in [0.1, 0.15) is 24.5 Å². The number of hydrogen-bond acceptors (Lipinski definition) is 2. The normalized spacial score (nSPS) is 16.2. The molecule has 0 heterocycles. The van der Waals surface area contributed by atoms with E-state index in [4.69, 9.17) is 16.3 Å². The minimum Gasteiger partial charge on any atom is -0.375 e. The smallest absolute Gasteiger partial charge is 0.191 e. The van der Waals surface area contributed by atoms with Crippen molar-refractivity contribution in [2.45, 2.75) is 25.0 Å². The Morgan fingerprint density at radius 2 is 2.14 bits per heavy atom. The van der Waals surface area contributed by atoms with E-state index in [1.54, 1.807) is 14.2 Å². The van der Waals surface area contributed by atoms with Gasteiger partial charge in [0, 0.05) is 31.8 Å². The first-order valence-corrected chi connectivity index (χ1v) is 7.51. The molecule has 0 saturated carbocycles. The van der Waals surface area contributed by atoms with Gasteiger partial charge in [-0.3, -0.25) is 4.99 Å². The molecule has 0 saturated heterocycles. The van der Waals surface area contributed by atoms with Crippen molar-refractivity contribution < 1.29 is 4.74 Å². The number of methoxy groups -OCH3 is 1. The van der Waals surface area contributed by atoms with Crippen LogP contribution in [0.15, 0.2) is 41.4 Å². The third-order valence-electron chi connectivity index (χ3n) is 3.53. The van der Waals surface area contributed by atoms with E-state index >= 15 is 0 Å². The van der Waals surface area contributed by atoms with Gasteiger partial charge in [-0.15, -0.1) is 24.0 Å². The Kier molecular flexibility index (Phi) is 8.82. The van der Waals surface area contributed by atoms with E-state index in [0.717, 1.165) is 24.4 Å². The quantitative estimate of drug-likeness (QED) is 0.322. The second kappa shape index (κ2) is 10.1. The van der Waals surface area contributed by atoms with E-state index in [9.17, 15) is 0 Å². The number of aliphatic imine (C=N–C) groups is 1. The maximum Gasteiger partial charge on any atom is 0.191 e. The van der Waals surface area contributed by atoms with Crippen LogP contribution in [0.5, 0.6) is 0 Å². The SMILES string of the molecule is CN=C(NCC(OC)c1cccc(Cl)c1)NC1CC=CC1.I. The molecule has 22 heavy (non-hydrogen) atoms.